The van der Waals surface area contributed by atoms with Crippen molar-refractivity contribution in [2.24, 2.45) is 0 Å². The van der Waals surface area contributed by atoms with Crippen LogP contribution in [0.5, 0.6) is 0 Å². The summed E-state index contributed by atoms with van der Waals surface area (Å²) in [6, 6.07) is 0. The lowest BCUT2D eigenvalue weighted by Gasteiger charge is -1.95. The van der Waals surface area contributed by atoms with Gasteiger partial charge in [-0.05, 0) is 13.8 Å². The predicted octanol–water partition coefficient (Wildman–Crippen LogP) is 0.381. The van der Waals surface area contributed by atoms with Crippen LogP contribution < -0.4 is 0 Å². The molecule has 0 atom stereocenters. The van der Waals surface area contributed by atoms with Crippen molar-refractivity contribution in [3.63, 3.8) is 0 Å². The van der Waals surface area contributed by atoms with Crippen molar-refractivity contribution in [1.29, 1.82) is 0 Å². The van der Waals surface area contributed by atoms with Crippen LogP contribution in [0.15, 0.2) is 24.3 Å². The third-order valence-corrected chi connectivity index (χ3v) is 1.30. The number of carbonyl (C=O) groups is 4. The van der Waals surface area contributed by atoms with Crippen LogP contribution in [0, 0.1) is 0 Å². The second-order valence-electron chi connectivity index (χ2n) is 2.85. The molecule has 112 valence electrons. The standard InChI is InChI=1S/C8H12O4.C4H4O4/c1-3-11-7(9)5-6-8(10)12-4-2;5-3(6)1-2-4(7)8/h5-6H,3-4H2,1-2H3;1-2H,(H,5,6)(H,7,8)/b6-5+;2-1-. The van der Waals surface area contributed by atoms with Gasteiger partial charge in [0.05, 0.1) is 13.2 Å². The highest BCUT2D eigenvalue weighted by Crippen LogP contribution is 1.84. The van der Waals surface area contributed by atoms with Crippen LogP contribution >= 0.6 is 0 Å². The number of carboxylic acids is 2. The first-order valence-corrected chi connectivity index (χ1v) is 5.48. The number of esters is 2. The average Bonchev–Trinajstić information content (AvgIpc) is 2.35. The first-order valence-electron chi connectivity index (χ1n) is 5.48. The summed E-state index contributed by atoms with van der Waals surface area (Å²) in [6.07, 6.45) is 3.20. The van der Waals surface area contributed by atoms with E-state index in [2.05, 4.69) is 9.47 Å². The van der Waals surface area contributed by atoms with E-state index in [0.29, 0.717) is 25.4 Å². The molecule has 0 aliphatic carbocycles. The second kappa shape index (κ2) is 12.8. The molecule has 0 saturated heterocycles. The summed E-state index contributed by atoms with van der Waals surface area (Å²) < 4.78 is 9.07. The molecular weight excluding hydrogens is 272 g/mol. The Morgan fingerprint density at radius 3 is 1.25 bits per heavy atom. The maximum Gasteiger partial charge on any atom is 0.330 e. The van der Waals surface area contributed by atoms with Crippen LogP contribution in [-0.4, -0.2) is 47.3 Å². The topological polar surface area (TPSA) is 127 Å². The molecular formula is C12H16O8. The van der Waals surface area contributed by atoms with Crippen molar-refractivity contribution < 1.29 is 38.9 Å². The van der Waals surface area contributed by atoms with Gasteiger partial charge in [-0.25, -0.2) is 19.2 Å². The maximum absolute atomic E-state index is 10.6. The fourth-order valence-electron chi connectivity index (χ4n) is 0.659. The number of ether oxygens (including phenoxy) is 2. The van der Waals surface area contributed by atoms with Gasteiger partial charge in [0.2, 0.25) is 0 Å². The average molecular weight is 288 g/mol. The van der Waals surface area contributed by atoms with Gasteiger partial charge in [-0.15, -0.1) is 0 Å². The van der Waals surface area contributed by atoms with Crippen LogP contribution in [0.4, 0.5) is 0 Å². The van der Waals surface area contributed by atoms with Crippen molar-refractivity contribution in [2.45, 2.75) is 13.8 Å². The summed E-state index contributed by atoms with van der Waals surface area (Å²) in [5.41, 5.74) is 0. The van der Waals surface area contributed by atoms with Crippen LogP contribution in [0.1, 0.15) is 13.8 Å². The van der Waals surface area contributed by atoms with Gasteiger partial charge in [-0.3, -0.25) is 0 Å². The van der Waals surface area contributed by atoms with E-state index in [9.17, 15) is 19.2 Å². The van der Waals surface area contributed by atoms with Crippen molar-refractivity contribution in [3.05, 3.63) is 24.3 Å². The molecule has 0 aromatic carbocycles. The van der Waals surface area contributed by atoms with Crippen molar-refractivity contribution in [3.8, 4) is 0 Å². The molecule has 0 fully saturated rings. The summed E-state index contributed by atoms with van der Waals surface area (Å²) in [5.74, 6) is -3.59. The molecule has 0 bridgehead atoms. The fourth-order valence-corrected chi connectivity index (χ4v) is 0.659. The maximum atomic E-state index is 10.6. The highest BCUT2D eigenvalue weighted by atomic mass is 16.5. The zero-order chi connectivity index (χ0) is 16.0. The number of hydrogen-bond donors (Lipinski definition) is 2. The lowest BCUT2D eigenvalue weighted by atomic mass is 10.5. The largest absolute Gasteiger partial charge is 0.478 e. The highest BCUT2D eigenvalue weighted by molar-refractivity contribution is 5.91. The summed E-state index contributed by atoms with van der Waals surface area (Å²) in [4.78, 5) is 40.4. The van der Waals surface area contributed by atoms with Gasteiger partial charge in [0.15, 0.2) is 0 Å². The minimum absolute atomic E-state index is 0.298. The van der Waals surface area contributed by atoms with E-state index in [0.717, 1.165) is 12.2 Å². The number of carbonyl (C=O) groups excluding carboxylic acids is 2. The van der Waals surface area contributed by atoms with Gasteiger partial charge in [0.25, 0.3) is 0 Å². The Kier molecular flexibility index (Phi) is 12.6. The number of aliphatic carboxylic acids is 2. The van der Waals surface area contributed by atoms with Gasteiger partial charge in [0.1, 0.15) is 0 Å². The molecule has 0 radical (unpaired) electrons. The van der Waals surface area contributed by atoms with E-state index < -0.39 is 23.9 Å². The quantitative estimate of drug-likeness (QED) is 0.530. The number of hydrogen-bond acceptors (Lipinski definition) is 6. The third-order valence-electron chi connectivity index (χ3n) is 1.30. The summed E-state index contributed by atoms with van der Waals surface area (Å²) in [5, 5.41) is 15.6. The molecule has 0 aromatic rings. The first-order chi connectivity index (χ1) is 9.33. The SMILES string of the molecule is CCOC(=O)/C=C/C(=O)OCC.O=C(O)/C=C\C(=O)O. The van der Waals surface area contributed by atoms with Gasteiger partial charge >= 0.3 is 23.9 Å². The molecule has 20 heavy (non-hydrogen) atoms. The van der Waals surface area contributed by atoms with E-state index in [-0.39, 0.29) is 0 Å². The monoisotopic (exact) mass is 288 g/mol. The Bertz CT molecular complexity index is 358. The summed E-state index contributed by atoms with van der Waals surface area (Å²) in [6.45, 7) is 3.98. The Hall–Kier alpha value is -2.64. The molecule has 0 aliphatic heterocycles. The fraction of sp³-hybridized carbons (Fsp3) is 0.333. The smallest absolute Gasteiger partial charge is 0.330 e. The number of carboxylic acid groups (broad SMARTS) is 2. The Morgan fingerprint density at radius 1 is 0.750 bits per heavy atom. The van der Waals surface area contributed by atoms with Crippen LogP contribution in [0.3, 0.4) is 0 Å². The lowest BCUT2D eigenvalue weighted by Crippen LogP contribution is -2.03. The molecule has 2 N–H and O–H groups in total. The predicted molar refractivity (Wildman–Crippen MR) is 66.8 cm³/mol. The highest BCUT2D eigenvalue weighted by Gasteiger charge is 1.97. The number of rotatable bonds is 6. The van der Waals surface area contributed by atoms with Crippen LogP contribution in [0.2, 0.25) is 0 Å². The summed E-state index contributed by atoms with van der Waals surface area (Å²) >= 11 is 0. The molecule has 0 heterocycles. The summed E-state index contributed by atoms with van der Waals surface area (Å²) in [7, 11) is 0. The van der Waals surface area contributed by atoms with Crippen molar-refractivity contribution in [2.75, 3.05) is 13.2 Å². The second-order valence-corrected chi connectivity index (χ2v) is 2.85. The third kappa shape index (κ3) is 17.7. The van der Waals surface area contributed by atoms with E-state index in [1.165, 1.54) is 0 Å². The molecule has 8 nitrogen and oxygen atoms in total. The van der Waals surface area contributed by atoms with E-state index in [4.69, 9.17) is 10.2 Å². The van der Waals surface area contributed by atoms with Crippen molar-refractivity contribution in [1.82, 2.24) is 0 Å². The Balaban J connectivity index is 0. The minimum atomic E-state index is -1.26. The Labute approximate surface area is 115 Å². The van der Waals surface area contributed by atoms with E-state index in [1.807, 2.05) is 0 Å². The Morgan fingerprint density at radius 2 is 1.05 bits per heavy atom. The molecule has 0 aliphatic rings. The first kappa shape index (κ1) is 19.7. The molecule has 0 rings (SSSR count). The van der Waals surface area contributed by atoms with Gasteiger partial charge in [-0.2, -0.15) is 0 Å². The van der Waals surface area contributed by atoms with E-state index >= 15 is 0 Å². The van der Waals surface area contributed by atoms with Gasteiger partial charge in [0, 0.05) is 24.3 Å². The molecule has 0 aromatic heterocycles. The molecule has 0 amide bonds. The molecule has 0 saturated carbocycles. The zero-order valence-electron chi connectivity index (χ0n) is 11.1. The van der Waals surface area contributed by atoms with Crippen molar-refractivity contribution >= 4 is 23.9 Å². The molecule has 0 unspecified atom stereocenters. The lowest BCUT2D eigenvalue weighted by molar-refractivity contribution is -0.140. The normalized spacial score (nSPS) is 9.70. The zero-order valence-corrected chi connectivity index (χ0v) is 11.1. The van der Waals surface area contributed by atoms with Gasteiger partial charge in [-0.1, -0.05) is 0 Å². The van der Waals surface area contributed by atoms with E-state index in [1.54, 1.807) is 13.8 Å². The van der Waals surface area contributed by atoms with Gasteiger partial charge < -0.3 is 19.7 Å². The van der Waals surface area contributed by atoms with Crippen LogP contribution in [-0.2, 0) is 28.7 Å². The molecule has 0 spiro atoms. The van der Waals surface area contributed by atoms with Crippen LogP contribution in [0.25, 0.3) is 0 Å². The minimum Gasteiger partial charge on any atom is -0.478 e. The molecule has 8 heteroatoms.